The van der Waals surface area contributed by atoms with Gasteiger partial charge in [0.2, 0.25) is 0 Å². The van der Waals surface area contributed by atoms with E-state index in [1.54, 1.807) is 18.4 Å². The number of likely N-dealkylation sites (tertiary alicyclic amines) is 1. The highest BCUT2D eigenvalue weighted by atomic mass is 32.1. The van der Waals surface area contributed by atoms with E-state index in [2.05, 4.69) is 39.4 Å². The van der Waals surface area contributed by atoms with E-state index in [4.69, 9.17) is 4.74 Å². The lowest BCUT2D eigenvalue weighted by Crippen LogP contribution is -2.49. The number of piperidine rings is 1. The number of nitrogens with one attached hydrogen (secondary N) is 2. The van der Waals surface area contributed by atoms with E-state index in [1.165, 1.54) is 17.7 Å². The Bertz CT molecular complexity index is 538. The van der Waals surface area contributed by atoms with Gasteiger partial charge in [-0.2, -0.15) is 0 Å². The van der Waals surface area contributed by atoms with Crippen molar-refractivity contribution in [1.82, 2.24) is 20.5 Å². The highest BCUT2D eigenvalue weighted by Gasteiger charge is 2.19. The lowest BCUT2D eigenvalue weighted by atomic mass is 10.1. The number of hydrogen-bond acceptors (Lipinski definition) is 5. The molecule has 2 heterocycles. The third-order valence-electron chi connectivity index (χ3n) is 4.62. The van der Waals surface area contributed by atoms with E-state index in [0.717, 1.165) is 62.3 Å². The van der Waals surface area contributed by atoms with Gasteiger partial charge in [-0.25, -0.2) is 4.98 Å². The molecule has 0 spiro atoms. The van der Waals surface area contributed by atoms with Crippen molar-refractivity contribution in [3.8, 4) is 0 Å². The molecule has 2 rings (SSSR count). The Morgan fingerprint density at radius 1 is 1.36 bits per heavy atom. The molecule has 0 bridgehead atoms. The fraction of sp³-hybridized carbons (Fsp3) is 0.778. The zero-order valence-electron chi connectivity index (χ0n) is 16.1. The summed E-state index contributed by atoms with van der Waals surface area (Å²) in [6, 6.07) is 0.511. The number of aryl methyl sites for hydroxylation is 2. The quantitative estimate of drug-likeness (QED) is 0.418. The normalized spacial score (nSPS) is 17.0. The van der Waals surface area contributed by atoms with E-state index in [0.29, 0.717) is 6.04 Å². The van der Waals surface area contributed by atoms with Gasteiger partial charge < -0.3 is 20.3 Å². The van der Waals surface area contributed by atoms with Crippen LogP contribution in [0, 0.1) is 13.8 Å². The smallest absolute Gasteiger partial charge is 0.191 e. The molecule has 6 nitrogen and oxygen atoms in total. The maximum Gasteiger partial charge on any atom is 0.191 e. The molecule has 0 amide bonds. The first kappa shape index (κ1) is 20.1. The Hall–Kier alpha value is -1.18. The first-order valence-electron chi connectivity index (χ1n) is 9.23. The Morgan fingerprint density at radius 3 is 2.72 bits per heavy atom. The van der Waals surface area contributed by atoms with Crippen LogP contribution in [0.4, 0.5) is 0 Å². The summed E-state index contributed by atoms with van der Waals surface area (Å²) >= 11 is 1.79. The van der Waals surface area contributed by atoms with E-state index in [1.807, 2.05) is 7.05 Å². The summed E-state index contributed by atoms with van der Waals surface area (Å²) in [5.41, 5.74) is 1.16. The highest BCUT2D eigenvalue weighted by molar-refractivity contribution is 7.11. The SMILES string of the molecule is CN=C(NCCc1sc(C)nc1C)NC1CCN(CCCOC)CC1. The molecular formula is C18H33N5OS. The molecule has 0 unspecified atom stereocenters. The fourth-order valence-corrected chi connectivity index (χ4v) is 4.16. The Morgan fingerprint density at radius 2 is 2.12 bits per heavy atom. The van der Waals surface area contributed by atoms with Crippen LogP contribution in [0.3, 0.4) is 0 Å². The Kier molecular flexibility index (Phi) is 8.64. The molecular weight excluding hydrogens is 334 g/mol. The summed E-state index contributed by atoms with van der Waals surface area (Å²) in [6.07, 6.45) is 4.45. The second kappa shape index (κ2) is 10.7. The zero-order chi connectivity index (χ0) is 18.1. The van der Waals surface area contributed by atoms with E-state index < -0.39 is 0 Å². The number of thiazole rings is 1. The topological polar surface area (TPSA) is 61.8 Å². The Labute approximate surface area is 156 Å². The van der Waals surface area contributed by atoms with Gasteiger partial charge in [-0.05, 0) is 33.1 Å². The maximum absolute atomic E-state index is 5.13. The van der Waals surface area contributed by atoms with Gasteiger partial charge >= 0.3 is 0 Å². The molecule has 1 aliphatic rings. The second-order valence-corrected chi connectivity index (χ2v) is 7.88. The number of ether oxygens (including phenoxy) is 1. The van der Waals surface area contributed by atoms with Gasteiger partial charge in [0, 0.05) is 64.3 Å². The predicted octanol–water partition coefficient (Wildman–Crippen LogP) is 1.97. The molecule has 1 saturated heterocycles. The zero-order valence-corrected chi connectivity index (χ0v) is 16.9. The number of aliphatic imine (C=N–C) groups is 1. The lowest BCUT2D eigenvalue weighted by Gasteiger charge is -2.33. The van der Waals surface area contributed by atoms with Crippen LogP contribution < -0.4 is 10.6 Å². The molecule has 0 saturated carbocycles. The van der Waals surface area contributed by atoms with Crippen LogP contribution in [0.1, 0.15) is 34.8 Å². The van der Waals surface area contributed by atoms with Gasteiger partial charge in [0.25, 0.3) is 0 Å². The van der Waals surface area contributed by atoms with Crippen molar-refractivity contribution in [2.75, 3.05) is 46.9 Å². The van der Waals surface area contributed by atoms with Gasteiger partial charge in [-0.3, -0.25) is 4.99 Å². The third kappa shape index (κ3) is 6.92. The predicted molar refractivity (Wildman–Crippen MR) is 106 cm³/mol. The molecule has 1 aromatic heterocycles. The highest BCUT2D eigenvalue weighted by Crippen LogP contribution is 2.17. The molecule has 2 N–H and O–H groups in total. The van der Waals surface area contributed by atoms with E-state index in [-0.39, 0.29) is 0 Å². The van der Waals surface area contributed by atoms with Crippen LogP contribution in [0.25, 0.3) is 0 Å². The van der Waals surface area contributed by atoms with Crippen LogP contribution in [-0.4, -0.2) is 68.8 Å². The van der Waals surface area contributed by atoms with Crippen molar-refractivity contribution >= 4 is 17.3 Å². The minimum Gasteiger partial charge on any atom is -0.385 e. The molecule has 1 aliphatic heterocycles. The molecule has 0 atom stereocenters. The van der Waals surface area contributed by atoms with Crippen LogP contribution in [0.5, 0.6) is 0 Å². The maximum atomic E-state index is 5.13. The standard InChI is InChI=1S/C18H33N5OS/c1-14-17(25-15(2)21-14)6-9-20-18(19-3)22-16-7-11-23(12-8-16)10-5-13-24-4/h16H,5-13H2,1-4H3,(H2,19,20,22). The average molecular weight is 368 g/mol. The number of methoxy groups -OCH3 is 1. The van der Waals surface area contributed by atoms with Crippen molar-refractivity contribution < 1.29 is 4.74 Å². The van der Waals surface area contributed by atoms with E-state index >= 15 is 0 Å². The summed E-state index contributed by atoms with van der Waals surface area (Å²) in [7, 11) is 3.61. The molecule has 0 aromatic carbocycles. The summed E-state index contributed by atoms with van der Waals surface area (Å²) in [5, 5.41) is 8.16. The summed E-state index contributed by atoms with van der Waals surface area (Å²) in [6.45, 7) is 9.34. The van der Waals surface area contributed by atoms with Crippen molar-refractivity contribution in [3.63, 3.8) is 0 Å². The van der Waals surface area contributed by atoms with Crippen LogP contribution >= 0.6 is 11.3 Å². The van der Waals surface area contributed by atoms with Crippen molar-refractivity contribution in [2.24, 2.45) is 4.99 Å². The van der Waals surface area contributed by atoms with Crippen molar-refractivity contribution in [1.29, 1.82) is 0 Å². The van der Waals surface area contributed by atoms with Crippen LogP contribution in [0.2, 0.25) is 0 Å². The molecule has 25 heavy (non-hydrogen) atoms. The first-order valence-corrected chi connectivity index (χ1v) is 10.1. The second-order valence-electron chi connectivity index (χ2n) is 6.60. The molecule has 1 aromatic rings. The minimum absolute atomic E-state index is 0.511. The third-order valence-corrected chi connectivity index (χ3v) is 5.75. The Balaban J connectivity index is 1.66. The molecule has 7 heteroatoms. The first-order chi connectivity index (χ1) is 12.1. The summed E-state index contributed by atoms with van der Waals surface area (Å²) in [4.78, 5) is 12.8. The number of hydrogen-bond donors (Lipinski definition) is 2. The van der Waals surface area contributed by atoms with Crippen LogP contribution in [-0.2, 0) is 11.2 Å². The molecule has 0 radical (unpaired) electrons. The van der Waals surface area contributed by atoms with E-state index in [9.17, 15) is 0 Å². The number of aromatic nitrogens is 1. The average Bonchev–Trinajstić information content (AvgIpc) is 2.93. The molecule has 142 valence electrons. The summed E-state index contributed by atoms with van der Waals surface area (Å²) in [5.74, 6) is 0.914. The van der Waals surface area contributed by atoms with Gasteiger partial charge in [0.05, 0.1) is 10.7 Å². The lowest BCUT2D eigenvalue weighted by molar-refractivity contribution is 0.155. The van der Waals surface area contributed by atoms with Gasteiger partial charge in [0.15, 0.2) is 5.96 Å². The van der Waals surface area contributed by atoms with Gasteiger partial charge in [-0.15, -0.1) is 11.3 Å². The van der Waals surface area contributed by atoms with Crippen molar-refractivity contribution in [3.05, 3.63) is 15.6 Å². The minimum atomic E-state index is 0.511. The number of rotatable bonds is 8. The number of guanidine groups is 1. The monoisotopic (exact) mass is 367 g/mol. The molecule has 1 fully saturated rings. The molecule has 0 aliphatic carbocycles. The fourth-order valence-electron chi connectivity index (χ4n) is 3.22. The largest absolute Gasteiger partial charge is 0.385 e. The van der Waals surface area contributed by atoms with Gasteiger partial charge in [-0.1, -0.05) is 0 Å². The number of nitrogens with zero attached hydrogens (tertiary/aromatic N) is 3. The van der Waals surface area contributed by atoms with Crippen LogP contribution in [0.15, 0.2) is 4.99 Å². The van der Waals surface area contributed by atoms with Gasteiger partial charge in [0.1, 0.15) is 0 Å². The summed E-state index contributed by atoms with van der Waals surface area (Å²) < 4.78 is 5.13. The van der Waals surface area contributed by atoms with Crippen molar-refractivity contribution in [2.45, 2.75) is 45.6 Å².